The highest BCUT2D eigenvalue weighted by atomic mass is 32.9. The van der Waals surface area contributed by atoms with Crippen LogP contribution in [0.25, 0.3) is 0 Å². The number of aromatic nitrogens is 2. The summed E-state index contributed by atoms with van der Waals surface area (Å²) in [5.74, 6) is 1.40. The maximum Gasteiger partial charge on any atom is 0.351 e. The molecule has 0 spiro atoms. The van der Waals surface area contributed by atoms with Gasteiger partial charge in [-0.25, -0.2) is 9.79 Å². The van der Waals surface area contributed by atoms with Crippen molar-refractivity contribution in [1.82, 2.24) is 14.5 Å². The number of ether oxygens (including phenoxy) is 6. The van der Waals surface area contributed by atoms with Crippen LogP contribution in [0.5, 0.6) is 11.5 Å². The van der Waals surface area contributed by atoms with Crippen molar-refractivity contribution in [1.29, 1.82) is 0 Å². The fourth-order valence-corrected chi connectivity index (χ4v) is 16.2. The van der Waals surface area contributed by atoms with E-state index in [1.165, 1.54) is 4.57 Å². The van der Waals surface area contributed by atoms with Crippen LogP contribution in [0.15, 0.2) is 107 Å². The molecule has 342 valence electrons. The molecule has 1 aromatic heterocycles. The molecule has 4 aromatic rings. The quantitative estimate of drug-likeness (QED) is 0.0414. The van der Waals surface area contributed by atoms with Crippen molar-refractivity contribution in [2.45, 2.75) is 93.4 Å². The number of rotatable bonds is 18. The molecule has 2 aliphatic heterocycles. The van der Waals surface area contributed by atoms with E-state index >= 15 is 0 Å². The second kappa shape index (κ2) is 21.1. The number of hydrogen-bond acceptors (Lipinski definition) is 12. The van der Waals surface area contributed by atoms with Crippen molar-refractivity contribution in [3.63, 3.8) is 0 Å². The van der Waals surface area contributed by atoms with Crippen LogP contribution >= 0.6 is 17.3 Å². The Morgan fingerprint density at radius 2 is 1.67 bits per heavy atom. The van der Waals surface area contributed by atoms with Crippen molar-refractivity contribution >= 4 is 40.7 Å². The Morgan fingerprint density at radius 3 is 2.23 bits per heavy atom. The predicted molar refractivity (Wildman–Crippen MR) is 256 cm³/mol. The standard InChI is InChI=1S/C49H61N4O8PS2/c1-32(2)34-24-25-48(4,41(54)29-34)64-62(63)44-40(61-46(43(44)59-28-27-56-6)53-30-33(3)45(51-47(53)55)50-42-15-12-26-52(42)5)31-60-49(35-13-10-9-11-14-35,36-16-20-38(57-7)21-17-36)37-18-22-39(58-8)23-19-37/h9-11,13-14,16-23,30,34,40-41,43-44,46H,1,12,15,24-29,31H2,2-8H3/t34?,40-,41-,43-,44-,46-,48-/m1/s1. The second-order valence-electron chi connectivity index (χ2n) is 17.2. The number of aliphatic imine (C=N–C) groups is 1. The molecule has 0 bridgehead atoms. The molecule has 0 amide bonds. The van der Waals surface area contributed by atoms with Crippen LogP contribution in [-0.2, 0) is 36.4 Å². The van der Waals surface area contributed by atoms with Crippen molar-refractivity contribution in [2.75, 3.05) is 54.7 Å². The fourth-order valence-electron chi connectivity index (χ4n) is 9.04. The molecule has 1 aliphatic carbocycles. The lowest BCUT2D eigenvalue weighted by molar-refractivity contribution is -0.433. The zero-order chi connectivity index (χ0) is 45.6. The van der Waals surface area contributed by atoms with E-state index in [0.29, 0.717) is 36.8 Å². The highest BCUT2D eigenvalue weighted by molar-refractivity contribution is 8.65. The first kappa shape index (κ1) is 48.0. The van der Waals surface area contributed by atoms with Crippen LogP contribution < -0.4 is 20.3 Å². The van der Waals surface area contributed by atoms with Gasteiger partial charge in [-0.3, -0.25) is 4.57 Å². The van der Waals surface area contributed by atoms with E-state index < -0.39 is 52.1 Å². The number of likely N-dealkylation sites (tertiary alicyclic amines) is 1. The number of amidine groups is 1. The number of hydrogen-bond donors (Lipinski definition) is 0. The third-order valence-electron chi connectivity index (χ3n) is 12.9. The average molecular weight is 929 g/mol. The highest BCUT2D eigenvalue weighted by Crippen LogP contribution is 2.60. The van der Waals surface area contributed by atoms with Gasteiger partial charge in [-0.2, -0.15) is 4.98 Å². The molecule has 1 saturated carbocycles. The van der Waals surface area contributed by atoms with Gasteiger partial charge in [0.25, 0.3) is 5.90 Å². The molecule has 8 atom stereocenters. The Balaban J connectivity index is 1.34. The highest BCUT2D eigenvalue weighted by Gasteiger charge is 2.58. The monoisotopic (exact) mass is 928 g/mol. The summed E-state index contributed by atoms with van der Waals surface area (Å²) in [5, 5.41) is 14.1. The molecule has 7 rings (SSSR count). The summed E-state index contributed by atoms with van der Waals surface area (Å²) >= 11 is 8.19. The fraction of sp³-hybridized carbons (Fsp3) is 0.490. The lowest BCUT2D eigenvalue weighted by Crippen LogP contribution is -2.50. The lowest BCUT2D eigenvalue weighted by Gasteiger charge is -2.46. The van der Waals surface area contributed by atoms with E-state index in [1.807, 2.05) is 87.6 Å². The normalized spacial score (nSPS) is 25.7. The zero-order valence-corrected chi connectivity index (χ0v) is 40.5. The predicted octanol–water partition coefficient (Wildman–Crippen LogP) is 8.09. The summed E-state index contributed by atoms with van der Waals surface area (Å²) < 4.78 is 38.8. The molecule has 3 aromatic carbocycles. The molecule has 15 heteroatoms. The van der Waals surface area contributed by atoms with Gasteiger partial charge in [-0.05, 0) is 86.9 Å². The molecule has 3 heterocycles. The van der Waals surface area contributed by atoms with E-state index in [-0.39, 0.29) is 19.1 Å². The van der Waals surface area contributed by atoms with Crippen LogP contribution in [0.2, 0.25) is 0 Å². The van der Waals surface area contributed by atoms with E-state index in [1.54, 1.807) is 38.9 Å². The molecular weight excluding hydrogens is 868 g/mol. The maximum absolute atomic E-state index is 14.2. The minimum Gasteiger partial charge on any atom is -0.851 e. The van der Waals surface area contributed by atoms with Crippen molar-refractivity contribution in [2.24, 2.45) is 10.9 Å². The van der Waals surface area contributed by atoms with Crippen molar-refractivity contribution < 1.29 is 33.5 Å². The van der Waals surface area contributed by atoms with Crippen LogP contribution in [0, 0.1) is 12.8 Å². The van der Waals surface area contributed by atoms with Gasteiger partial charge < -0.3 is 38.4 Å². The van der Waals surface area contributed by atoms with Gasteiger partial charge in [-0.15, -0.1) is 6.10 Å². The van der Waals surface area contributed by atoms with Crippen molar-refractivity contribution in [3.05, 3.63) is 130 Å². The Labute approximate surface area is 387 Å². The average Bonchev–Trinajstić information content (AvgIpc) is 3.88. The summed E-state index contributed by atoms with van der Waals surface area (Å²) in [6.45, 7) is 11.6. The largest absolute Gasteiger partial charge is 0.851 e. The van der Waals surface area contributed by atoms with Gasteiger partial charge in [0, 0.05) is 43.6 Å². The first-order chi connectivity index (χ1) is 30.8. The molecule has 0 radical (unpaired) electrons. The molecule has 2 unspecified atom stereocenters. The van der Waals surface area contributed by atoms with Crippen LogP contribution in [0.3, 0.4) is 0 Å². The first-order valence-electron chi connectivity index (χ1n) is 21.9. The first-order valence-corrected chi connectivity index (χ1v) is 25.8. The molecule has 64 heavy (non-hydrogen) atoms. The number of nitrogens with zero attached hydrogens (tertiary/aromatic N) is 4. The Hall–Kier alpha value is -3.98. The van der Waals surface area contributed by atoms with Gasteiger partial charge in [0.15, 0.2) is 35.6 Å². The van der Waals surface area contributed by atoms with Gasteiger partial charge in [-0.1, -0.05) is 73.2 Å². The van der Waals surface area contributed by atoms with Gasteiger partial charge in [0.05, 0.1) is 45.4 Å². The molecule has 3 fully saturated rings. The molecule has 2 saturated heterocycles. The van der Waals surface area contributed by atoms with E-state index in [4.69, 9.17) is 45.2 Å². The van der Waals surface area contributed by atoms with Crippen molar-refractivity contribution in [3.8, 4) is 11.5 Å². The van der Waals surface area contributed by atoms with Gasteiger partial charge in [0.2, 0.25) is 0 Å². The topological polar surface area (TPSA) is 129 Å². The van der Waals surface area contributed by atoms with E-state index in [2.05, 4.69) is 35.5 Å². The Kier molecular flexibility index (Phi) is 15.8. The zero-order valence-electron chi connectivity index (χ0n) is 37.9. The Bertz CT molecular complexity index is 2280. The molecule has 12 nitrogen and oxygen atoms in total. The minimum absolute atomic E-state index is 0.0444. The minimum atomic E-state index is -1.48. The number of allylic oxidation sites excluding steroid dienone is 1. The smallest absolute Gasteiger partial charge is 0.351 e. The molecule has 0 N–H and O–H groups in total. The third kappa shape index (κ3) is 10.2. The molecular formula is C49H61N4O8PS2. The Morgan fingerprint density at radius 1 is 1.03 bits per heavy atom. The van der Waals surface area contributed by atoms with E-state index in [0.717, 1.165) is 59.5 Å². The summed E-state index contributed by atoms with van der Waals surface area (Å²) in [5.41, 5.74) is 2.21. The summed E-state index contributed by atoms with van der Waals surface area (Å²) in [6, 6.07) is 25.8. The number of methoxy groups -OCH3 is 3. The van der Waals surface area contributed by atoms with Gasteiger partial charge in [0.1, 0.15) is 29.0 Å². The number of aryl methyl sites for hydroxylation is 1. The lowest BCUT2D eigenvalue weighted by atomic mass is 9.77. The van der Waals surface area contributed by atoms with Gasteiger partial charge >= 0.3 is 5.69 Å². The summed E-state index contributed by atoms with van der Waals surface area (Å²) in [6.07, 6.45) is 2.49. The van der Waals surface area contributed by atoms with Crippen LogP contribution in [0.1, 0.15) is 74.4 Å². The third-order valence-corrected chi connectivity index (χ3v) is 19.0. The number of benzene rings is 3. The van der Waals surface area contributed by atoms with Crippen LogP contribution in [-0.4, -0.2) is 104 Å². The maximum atomic E-state index is 14.2. The summed E-state index contributed by atoms with van der Waals surface area (Å²) in [4.78, 5) is 25.7. The summed E-state index contributed by atoms with van der Waals surface area (Å²) in [7, 11) is 6.90. The second-order valence-corrected chi connectivity index (χ2v) is 23.1. The van der Waals surface area contributed by atoms with Crippen LogP contribution in [0.4, 0.5) is 5.82 Å². The molecule has 3 aliphatic rings. The SMILES string of the molecule is C=C(C)C1CC[C@@](C)(S[P+](=S)[C@H]2[C@@H](OCCOC)[C@H](n3cc(C)c(N=C4CCCN4C)nc3=O)O[C@@H]2COC(c2ccccc2)(c2ccc(OC)cc2)c2ccc(OC)cc2)[C@H]([O-])C1. The van der Waals surface area contributed by atoms with E-state index in [9.17, 15) is 9.90 Å².